The molecular formula is C46H75N9O21. The Hall–Kier alpha value is -5.96. The summed E-state index contributed by atoms with van der Waals surface area (Å²) in [7, 11) is 0. The molecule has 0 aromatic heterocycles. The Kier molecular flexibility index (Phi) is 31.9. The van der Waals surface area contributed by atoms with Gasteiger partial charge in [-0.2, -0.15) is 0 Å². The largest absolute Gasteiger partial charge is 0.444 e. The molecule has 3 heterocycles. The smallest absolute Gasteiger partial charge is 0.408 e. The highest BCUT2D eigenvalue weighted by Crippen LogP contribution is 2.27. The van der Waals surface area contributed by atoms with Crippen molar-refractivity contribution in [3.8, 4) is 0 Å². The molecule has 2 fully saturated rings. The number of rotatable bonds is 41. The van der Waals surface area contributed by atoms with Gasteiger partial charge < -0.3 is 94.6 Å². The highest BCUT2D eigenvalue weighted by atomic mass is 16.6. The highest BCUT2D eigenvalue weighted by Gasteiger charge is 2.49. The maximum atomic E-state index is 12.5. The molecule has 0 unspecified atom stereocenters. The monoisotopic (exact) mass is 1090 g/mol. The summed E-state index contributed by atoms with van der Waals surface area (Å²) < 4.78 is 59.9. The van der Waals surface area contributed by atoms with E-state index in [-0.39, 0.29) is 51.9 Å². The zero-order valence-electron chi connectivity index (χ0n) is 43.4. The van der Waals surface area contributed by atoms with Crippen LogP contribution in [0.1, 0.15) is 27.2 Å². The predicted octanol–water partition coefficient (Wildman–Crippen LogP) is -5.69. The van der Waals surface area contributed by atoms with Crippen LogP contribution in [-0.2, 0) is 95.3 Å². The lowest BCUT2D eigenvalue weighted by molar-refractivity contribution is -0.137. The Morgan fingerprint density at radius 2 is 0.829 bits per heavy atom. The van der Waals surface area contributed by atoms with Crippen LogP contribution in [0.5, 0.6) is 0 Å². The Bertz CT molecular complexity index is 1870. The normalized spacial score (nSPS) is 17.7. The molecule has 10 amide bonds. The third-order valence-corrected chi connectivity index (χ3v) is 10.2. The minimum atomic E-state index is -0.708. The molecule has 76 heavy (non-hydrogen) atoms. The van der Waals surface area contributed by atoms with Gasteiger partial charge in [-0.15, -0.1) is 0 Å². The van der Waals surface area contributed by atoms with E-state index in [1.54, 1.807) is 20.8 Å². The first-order valence-electron chi connectivity index (χ1n) is 24.8. The fourth-order valence-corrected chi connectivity index (χ4v) is 6.58. The van der Waals surface area contributed by atoms with E-state index >= 15 is 0 Å². The number of hydrogen-bond acceptors (Lipinski definition) is 21. The predicted molar refractivity (Wildman–Crippen MR) is 260 cm³/mol. The molecule has 0 radical (unpaired) electrons. The van der Waals surface area contributed by atoms with E-state index in [0.717, 1.165) is 4.90 Å². The molecule has 30 heteroatoms. The van der Waals surface area contributed by atoms with Crippen LogP contribution in [0.4, 0.5) is 4.79 Å². The quantitative estimate of drug-likeness (QED) is 0.0209. The van der Waals surface area contributed by atoms with Crippen LogP contribution >= 0.6 is 0 Å². The van der Waals surface area contributed by atoms with Crippen LogP contribution in [0.25, 0.3) is 0 Å². The molecule has 0 saturated carbocycles. The van der Waals surface area contributed by atoms with E-state index < -0.39 is 116 Å². The average Bonchev–Trinajstić information content (AvgIpc) is 4.07. The van der Waals surface area contributed by atoms with Crippen molar-refractivity contribution in [2.45, 2.75) is 57.1 Å². The van der Waals surface area contributed by atoms with Crippen molar-refractivity contribution in [2.24, 2.45) is 0 Å². The molecule has 3 aliphatic rings. The first-order valence-corrected chi connectivity index (χ1v) is 24.8. The minimum Gasteiger partial charge on any atom is -0.444 e. The highest BCUT2D eigenvalue weighted by molar-refractivity contribution is 6.13. The van der Waals surface area contributed by atoms with Crippen molar-refractivity contribution in [3.63, 3.8) is 0 Å². The van der Waals surface area contributed by atoms with Gasteiger partial charge in [0.1, 0.15) is 24.4 Å². The Morgan fingerprint density at radius 3 is 1.24 bits per heavy atom. The van der Waals surface area contributed by atoms with Gasteiger partial charge >= 0.3 is 6.09 Å². The van der Waals surface area contributed by atoms with Gasteiger partial charge in [-0.25, -0.2) is 4.79 Å². The Morgan fingerprint density at radius 1 is 0.474 bits per heavy atom. The zero-order valence-corrected chi connectivity index (χ0v) is 43.4. The van der Waals surface area contributed by atoms with E-state index in [0.29, 0.717) is 92.4 Å². The summed E-state index contributed by atoms with van der Waals surface area (Å²) in [5.74, 6) is -4.97. The van der Waals surface area contributed by atoms with Crippen LogP contribution in [-0.4, -0.2) is 259 Å². The molecule has 0 bridgehead atoms. The Labute approximate surface area is 439 Å². The van der Waals surface area contributed by atoms with Gasteiger partial charge in [0.05, 0.1) is 157 Å². The summed E-state index contributed by atoms with van der Waals surface area (Å²) in [5.41, 5.74) is -0.680. The maximum absolute atomic E-state index is 12.5. The summed E-state index contributed by atoms with van der Waals surface area (Å²) in [5, 5.41) is 19.7. The second kappa shape index (κ2) is 37.7. The lowest BCUT2D eigenvalue weighted by Gasteiger charge is -2.23. The fourth-order valence-electron chi connectivity index (χ4n) is 6.58. The number of carbonyl (C=O) groups is 10. The lowest BCUT2D eigenvalue weighted by atomic mass is 10.1. The van der Waals surface area contributed by atoms with Crippen molar-refractivity contribution in [1.29, 1.82) is 0 Å². The summed E-state index contributed by atoms with van der Waals surface area (Å²) in [6.45, 7) is 8.25. The fraction of sp³-hybridized carbons (Fsp3) is 0.739. The van der Waals surface area contributed by atoms with Crippen LogP contribution < -0.4 is 42.5 Å². The molecule has 0 aliphatic carbocycles. The number of amides is 10. The SMILES string of the molecule is CC(C)(C)OC(=O)N[C@H]1CO[C@H]2[C@@H]1OC[C@@H]2NC(=O)CNC(=O)CNC(=O)CNC(=O)CNC(=O)CNC(=O)COCCOCCOCCOCCOCCOCCOCCOCCNC(=O)CCN1C(=O)C=CC1=O. The minimum absolute atomic E-state index is 0.0245. The van der Waals surface area contributed by atoms with Crippen molar-refractivity contribution < 1.29 is 100 Å². The van der Waals surface area contributed by atoms with Crippen molar-refractivity contribution in [2.75, 3.05) is 165 Å². The molecule has 430 valence electrons. The second-order valence-electron chi connectivity index (χ2n) is 17.5. The molecule has 2 saturated heterocycles. The summed E-state index contributed by atoms with van der Waals surface area (Å²) in [6, 6.07) is -0.989. The van der Waals surface area contributed by atoms with Gasteiger partial charge in [0, 0.05) is 31.7 Å². The number of nitrogens with zero attached hydrogens (tertiary/aromatic N) is 1. The van der Waals surface area contributed by atoms with Gasteiger partial charge in [-0.3, -0.25) is 48.1 Å². The van der Waals surface area contributed by atoms with Crippen LogP contribution in [0.15, 0.2) is 12.2 Å². The van der Waals surface area contributed by atoms with E-state index in [1.165, 1.54) is 12.2 Å². The standard InChI is InChI=1S/C46H75N9O21/c1-46(2,3)76-45(65)54-33-30-75-43-32(29-74-44(33)43)53-39(61)28-51-37(59)26-49-35(57)24-48-36(58)25-50-38(60)27-52-40(62)31-73-23-22-72-21-20-71-19-18-70-17-16-69-15-14-68-13-12-67-11-10-66-9-7-47-34(56)6-8-55-41(63)4-5-42(55)64/h4-5,32-33,43-44H,6-31H2,1-3H3,(H,47,56)(H,48,58)(H,49,57)(H,50,60)(H,51,59)(H,52,62)(H,53,61)(H,54,65)/t32-,33-,43+,44+/m0/s1. The summed E-state index contributed by atoms with van der Waals surface area (Å²) in [6.07, 6.45) is 0.746. The van der Waals surface area contributed by atoms with Gasteiger partial charge in [0.2, 0.25) is 41.4 Å². The van der Waals surface area contributed by atoms with Crippen LogP contribution in [0.3, 0.4) is 0 Å². The molecule has 3 rings (SSSR count). The molecule has 3 aliphatic heterocycles. The van der Waals surface area contributed by atoms with E-state index in [9.17, 15) is 47.9 Å². The van der Waals surface area contributed by atoms with Crippen LogP contribution in [0, 0.1) is 0 Å². The molecule has 0 spiro atoms. The van der Waals surface area contributed by atoms with Crippen molar-refractivity contribution >= 4 is 59.3 Å². The van der Waals surface area contributed by atoms with Gasteiger partial charge in [0.25, 0.3) is 11.8 Å². The van der Waals surface area contributed by atoms with Gasteiger partial charge in [-0.05, 0) is 20.8 Å². The van der Waals surface area contributed by atoms with Gasteiger partial charge in [0.15, 0.2) is 0 Å². The van der Waals surface area contributed by atoms with Crippen molar-refractivity contribution in [3.05, 3.63) is 12.2 Å². The number of alkyl carbamates (subject to hydrolysis) is 1. The van der Waals surface area contributed by atoms with Crippen LogP contribution in [0.2, 0.25) is 0 Å². The number of ether oxygens (including phenoxy) is 11. The number of hydrogen-bond donors (Lipinski definition) is 8. The molecule has 0 aromatic rings. The average molecular weight is 1090 g/mol. The Balaban J connectivity index is 0.993. The molecule has 0 aromatic carbocycles. The first kappa shape index (κ1) is 64.3. The number of imide groups is 1. The summed E-state index contributed by atoms with van der Waals surface area (Å²) in [4.78, 5) is 121. The first-order chi connectivity index (χ1) is 36.5. The number of fused-ring (bicyclic) bond motifs is 1. The van der Waals surface area contributed by atoms with E-state index in [4.69, 9.17) is 52.1 Å². The number of carbonyl (C=O) groups excluding carboxylic acids is 10. The maximum Gasteiger partial charge on any atom is 0.408 e. The third kappa shape index (κ3) is 30.0. The summed E-state index contributed by atoms with van der Waals surface area (Å²) >= 11 is 0. The van der Waals surface area contributed by atoms with E-state index in [1.807, 2.05) is 0 Å². The molecule has 30 nitrogen and oxygen atoms in total. The topological polar surface area (TPSA) is 372 Å². The molecule has 4 atom stereocenters. The second-order valence-corrected chi connectivity index (χ2v) is 17.5. The molecular weight excluding hydrogens is 1010 g/mol. The third-order valence-electron chi connectivity index (χ3n) is 10.2. The number of nitrogens with one attached hydrogen (secondary N) is 8. The van der Waals surface area contributed by atoms with Crippen molar-refractivity contribution in [1.82, 2.24) is 47.4 Å². The lowest BCUT2D eigenvalue weighted by Crippen LogP contribution is -2.50. The molecule has 8 N–H and O–H groups in total. The van der Waals surface area contributed by atoms with E-state index in [2.05, 4.69) is 42.5 Å². The zero-order chi connectivity index (χ0) is 55.4. The van der Waals surface area contributed by atoms with Gasteiger partial charge in [-0.1, -0.05) is 0 Å².